The van der Waals surface area contributed by atoms with E-state index in [0.717, 1.165) is 18.8 Å². The van der Waals surface area contributed by atoms with Crippen molar-refractivity contribution in [1.29, 1.82) is 0 Å². The summed E-state index contributed by atoms with van der Waals surface area (Å²) in [4.78, 5) is 0. The van der Waals surface area contributed by atoms with Gasteiger partial charge in [0.2, 0.25) is 0 Å². The summed E-state index contributed by atoms with van der Waals surface area (Å²) in [5.74, 6) is 0.823. The van der Waals surface area contributed by atoms with E-state index in [1.807, 2.05) is 0 Å². The minimum atomic E-state index is -0.475. The molecule has 1 saturated carbocycles. The van der Waals surface area contributed by atoms with Gasteiger partial charge in [-0.05, 0) is 18.8 Å². The van der Waals surface area contributed by atoms with Crippen LogP contribution in [0.25, 0.3) is 0 Å². The van der Waals surface area contributed by atoms with Crippen LogP contribution >= 0.6 is 0 Å². The lowest BCUT2D eigenvalue weighted by molar-refractivity contribution is -0.0526. The maximum Gasteiger partial charge on any atom is 0.101 e. The van der Waals surface area contributed by atoms with E-state index in [0.29, 0.717) is 19.3 Å². The van der Waals surface area contributed by atoms with Crippen molar-refractivity contribution in [2.75, 3.05) is 20.3 Å². The maximum atomic E-state index is 9.45. The van der Waals surface area contributed by atoms with Crippen molar-refractivity contribution < 1.29 is 14.6 Å². The van der Waals surface area contributed by atoms with E-state index in [1.165, 1.54) is 19.3 Å². The van der Waals surface area contributed by atoms with Crippen molar-refractivity contribution in [2.24, 2.45) is 5.92 Å². The van der Waals surface area contributed by atoms with E-state index in [4.69, 9.17) is 9.47 Å². The van der Waals surface area contributed by atoms with Crippen molar-refractivity contribution in [1.82, 2.24) is 0 Å². The van der Waals surface area contributed by atoms with E-state index in [-0.39, 0.29) is 0 Å². The zero-order chi connectivity index (χ0) is 11.1. The first-order valence-electron chi connectivity index (χ1n) is 6.04. The molecule has 0 amide bonds. The highest BCUT2D eigenvalue weighted by atomic mass is 16.5. The monoisotopic (exact) mass is 216 g/mol. The van der Waals surface area contributed by atoms with Gasteiger partial charge >= 0.3 is 0 Å². The molecule has 1 N–H and O–H groups in total. The molecule has 0 aliphatic heterocycles. The fourth-order valence-corrected chi connectivity index (χ4v) is 2.25. The summed E-state index contributed by atoms with van der Waals surface area (Å²) in [5.41, 5.74) is 0. The third-order valence-corrected chi connectivity index (χ3v) is 3.20. The predicted octanol–water partition coefficient (Wildman–Crippen LogP) is 1.98. The van der Waals surface area contributed by atoms with Gasteiger partial charge in [0.05, 0.1) is 19.3 Å². The molecule has 0 heterocycles. The number of hydrogen-bond acceptors (Lipinski definition) is 3. The van der Waals surface area contributed by atoms with Crippen LogP contribution in [-0.2, 0) is 9.47 Å². The van der Waals surface area contributed by atoms with Crippen molar-refractivity contribution in [3.05, 3.63) is 0 Å². The normalized spacial score (nSPS) is 29.0. The van der Waals surface area contributed by atoms with E-state index in [9.17, 15) is 5.11 Å². The molecule has 1 fully saturated rings. The first-order valence-corrected chi connectivity index (χ1v) is 6.04. The summed E-state index contributed by atoms with van der Waals surface area (Å²) in [6.07, 6.45) is 6.06. The molecule has 1 rings (SSSR count). The minimum absolute atomic E-state index is 0.357. The molecule has 3 atom stereocenters. The van der Waals surface area contributed by atoms with Crippen LogP contribution in [0.3, 0.4) is 0 Å². The van der Waals surface area contributed by atoms with Crippen LogP contribution in [0.4, 0.5) is 0 Å². The molecule has 0 bridgehead atoms. The summed E-state index contributed by atoms with van der Waals surface area (Å²) in [5, 5.41) is 9.45. The molecule has 0 aromatic carbocycles. The van der Waals surface area contributed by atoms with Crippen LogP contribution < -0.4 is 0 Å². The van der Waals surface area contributed by atoms with Gasteiger partial charge in [-0.3, -0.25) is 0 Å². The Morgan fingerprint density at radius 2 is 2.13 bits per heavy atom. The lowest BCUT2D eigenvalue weighted by Gasteiger charge is -2.29. The topological polar surface area (TPSA) is 38.7 Å². The summed E-state index contributed by atoms with van der Waals surface area (Å²) < 4.78 is 10.6. The molecule has 0 spiro atoms. The Morgan fingerprint density at radius 1 is 1.33 bits per heavy atom. The summed E-state index contributed by atoms with van der Waals surface area (Å²) in [7, 11) is 1.59. The Morgan fingerprint density at radius 3 is 2.80 bits per heavy atom. The van der Waals surface area contributed by atoms with Crippen LogP contribution in [0.2, 0.25) is 0 Å². The second-order valence-corrected chi connectivity index (χ2v) is 4.51. The number of hydrogen-bond donors (Lipinski definition) is 1. The molecule has 0 aromatic heterocycles. The van der Waals surface area contributed by atoms with Crippen LogP contribution in [0.15, 0.2) is 0 Å². The fraction of sp³-hybridized carbons (Fsp3) is 1.00. The molecule has 0 radical (unpaired) electrons. The predicted molar refractivity (Wildman–Crippen MR) is 59.9 cm³/mol. The van der Waals surface area contributed by atoms with Gasteiger partial charge in [0.15, 0.2) is 0 Å². The van der Waals surface area contributed by atoms with Gasteiger partial charge in [0.1, 0.15) is 6.10 Å². The molecule has 3 unspecified atom stereocenters. The van der Waals surface area contributed by atoms with Gasteiger partial charge in [-0.25, -0.2) is 0 Å². The first-order chi connectivity index (χ1) is 7.26. The largest absolute Gasteiger partial charge is 0.388 e. The third-order valence-electron chi connectivity index (χ3n) is 3.20. The lowest BCUT2D eigenvalue weighted by atomic mass is 9.85. The number of aliphatic hydroxyl groups is 1. The first kappa shape index (κ1) is 12.9. The Kier molecular flexibility index (Phi) is 6.22. The molecule has 1 aliphatic rings. The summed E-state index contributed by atoms with van der Waals surface area (Å²) >= 11 is 0. The van der Waals surface area contributed by atoms with Crippen LogP contribution in [0, 0.1) is 5.92 Å². The SMILES string of the molecule is CCC1CCCC(OCC(O)COC)C1. The van der Waals surface area contributed by atoms with Crippen molar-refractivity contribution in [3.8, 4) is 0 Å². The Balaban J connectivity index is 2.14. The van der Waals surface area contributed by atoms with E-state index < -0.39 is 6.10 Å². The third kappa shape index (κ3) is 4.96. The standard InChI is InChI=1S/C12H24O3/c1-3-10-5-4-6-12(7-10)15-9-11(13)8-14-2/h10-13H,3-9H2,1-2H3. The van der Waals surface area contributed by atoms with Crippen LogP contribution in [0.5, 0.6) is 0 Å². The Hall–Kier alpha value is -0.120. The number of ether oxygens (including phenoxy) is 2. The maximum absolute atomic E-state index is 9.45. The number of methoxy groups -OCH3 is 1. The van der Waals surface area contributed by atoms with Gasteiger partial charge in [0.25, 0.3) is 0 Å². The highest BCUT2D eigenvalue weighted by Gasteiger charge is 2.21. The molecule has 90 valence electrons. The molecule has 0 saturated heterocycles. The molecule has 0 aromatic rings. The van der Waals surface area contributed by atoms with Crippen molar-refractivity contribution >= 4 is 0 Å². The summed E-state index contributed by atoms with van der Waals surface area (Å²) in [6.45, 7) is 3.02. The molecule has 15 heavy (non-hydrogen) atoms. The van der Waals surface area contributed by atoms with Crippen molar-refractivity contribution in [2.45, 2.75) is 51.2 Å². The lowest BCUT2D eigenvalue weighted by Crippen LogP contribution is -2.28. The number of aliphatic hydroxyl groups excluding tert-OH is 1. The summed E-state index contributed by atoms with van der Waals surface area (Å²) in [6, 6.07) is 0. The zero-order valence-corrected chi connectivity index (χ0v) is 9.95. The van der Waals surface area contributed by atoms with Gasteiger partial charge in [-0.1, -0.05) is 26.2 Å². The van der Waals surface area contributed by atoms with E-state index >= 15 is 0 Å². The fourth-order valence-electron chi connectivity index (χ4n) is 2.25. The smallest absolute Gasteiger partial charge is 0.101 e. The molecule has 3 nitrogen and oxygen atoms in total. The van der Waals surface area contributed by atoms with Gasteiger partial charge < -0.3 is 14.6 Å². The average molecular weight is 216 g/mol. The van der Waals surface area contributed by atoms with Gasteiger partial charge in [-0.15, -0.1) is 0 Å². The molecular weight excluding hydrogens is 192 g/mol. The highest BCUT2D eigenvalue weighted by Crippen LogP contribution is 2.28. The van der Waals surface area contributed by atoms with Gasteiger partial charge in [-0.2, -0.15) is 0 Å². The van der Waals surface area contributed by atoms with Crippen LogP contribution in [-0.4, -0.2) is 37.6 Å². The minimum Gasteiger partial charge on any atom is -0.388 e. The quantitative estimate of drug-likeness (QED) is 0.738. The Labute approximate surface area is 92.8 Å². The molecule has 3 heteroatoms. The molecule has 1 aliphatic carbocycles. The second-order valence-electron chi connectivity index (χ2n) is 4.51. The highest BCUT2D eigenvalue weighted by molar-refractivity contribution is 4.73. The second kappa shape index (κ2) is 7.20. The van der Waals surface area contributed by atoms with Crippen LogP contribution in [0.1, 0.15) is 39.0 Å². The van der Waals surface area contributed by atoms with E-state index in [1.54, 1.807) is 7.11 Å². The van der Waals surface area contributed by atoms with Crippen molar-refractivity contribution in [3.63, 3.8) is 0 Å². The average Bonchev–Trinajstić information content (AvgIpc) is 2.27. The van der Waals surface area contributed by atoms with E-state index in [2.05, 4.69) is 6.92 Å². The number of rotatable bonds is 6. The zero-order valence-electron chi connectivity index (χ0n) is 9.95. The Bertz CT molecular complexity index is 161. The van der Waals surface area contributed by atoms with Gasteiger partial charge in [0, 0.05) is 7.11 Å². The molecular formula is C12H24O3.